The Bertz CT molecular complexity index is 549. The summed E-state index contributed by atoms with van der Waals surface area (Å²) in [5.74, 6) is 1.00. The predicted molar refractivity (Wildman–Crippen MR) is 81.6 cm³/mol. The maximum atomic E-state index is 12.1. The van der Waals surface area contributed by atoms with Gasteiger partial charge in [0.05, 0.1) is 6.07 Å². The maximum absolute atomic E-state index is 12.1. The molecule has 0 aromatic heterocycles. The van der Waals surface area contributed by atoms with Gasteiger partial charge in [0.1, 0.15) is 5.75 Å². The summed E-state index contributed by atoms with van der Waals surface area (Å²) in [5.41, 5.74) is 1.03. The highest BCUT2D eigenvalue weighted by Crippen LogP contribution is 2.32. The molecule has 1 aromatic rings. The second kappa shape index (κ2) is 8.05. The van der Waals surface area contributed by atoms with Gasteiger partial charge in [0.25, 0.3) is 0 Å². The summed E-state index contributed by atoms with van der Waals surface area (Å²) in [7, 11) is 0. The number of hydrogen-bond donors (Lipinski definition) is 0. The average Bonchev–Trinajstić information content (AvgIpc) is 2.52. The number of hydrogen-bond acceptors (Lipinski definition) is 2. The van der Waals surface area contributed by atoms with E-state index in [1.54, 1.807) is 18.2 Å². The van der Waals surface area contributed by atoms with Gasteiger partial charge in [-0.05, 0) is 68.1 Å². The van der Waals surface area contributed by atoms with Crippen LogP contribution in [-0.4, -0.2) is 6.36 Å². The summed E-state index contributed by atoms with van der Waals surface area (Å²) in [6.45, 7) is 0. The van der Waals surface area contributed by atoms with Crippen molar-refractivity contribution in [2.75, 3.05) is 0 Å². The van der Waals surface area contributed by atoms with E-state index >= 15 is 0 Å². The molecular formula is C18H20F3NO. The van der Waals surface area contributed by atoms with E-state index in [0.717, 1.165) is 44.1 Å². The Balaban J connectivity index is 1.74. The minimum Gasteiger partial charge on any atom is -0.406 e. The maximum Gasteiger partial charge on any atom is 0.573 e. The van der Waals surface area contributed by atoms with E-state index in [2.05, 4.69) is 4.74 Å². The molecule has 0 spiro atoms. The van der Waals surface area contributed by atoms with Crippen LogP contribution in [0.5, 0.6) is 5.75 Å². The number of nitriles is 1. The summed E-state index contributed by atoms with van der Waals surface area (Å²) in [5, 5.41) is 8.53. The number of nitrogens with zero attached hydrogens (tertiary/aromatic N) is 1. The van der Waals surface area contributed by atoms with E-state index in [9.17, 15) is 13.2 Å². The molecule has 0 aliphatic heterocycles. The van der Waals surface area contributed by atoms with Gasteiger partial charge < -0.3 is 4.74 Å². The first kappa shape index (κ1) is 17.4. The first-order valence-corrected chi connectivity index (χ1v) is 7.87. The lowest BCUT2D eigenvalue weighted by Crippen LogP contribution is -2.17. The molecule has 1 saturated carbocycles. The molecule has 0 saturated heterocycles. The van der Waals surface area contributed by atoms with Crippen molar-refractivity contribution >= 4 is 0 Å². The van der Waals surface area contributed by atoms with Crippen LogP contribution in [0.2, 0.25) is 0 Å². The van der Waals surface area contributed by atoms with E-state index in [-0.39, 0.29) is 5.75 Å². The third-order valence-electron chi connectivity index (χ3n) is 4.33. The van der Waals surface area contributed by atoms with Crippen molar-refractivity contribution in [2.45, 2.75) is 44.9 Å². The lowest BCUT2D eigenvalue weighted by atomic mass is 9.79. The Morgan fingerprint density at radius 2 is 1.78 bits per heavy atom. The van der Waals surface area contributed by atoms with Crippen molar-refractivity contribution in [1.82, 2.24) is 0 Å². The van der Waals surface area contributed by atoms with Gasteiger partial charge in [0.15, 0.2) is 0 Å². The Kier molecular flexibility index (Phi) is 6.09. The van der Waals surface area contributed by atoms with Gasteiger partial charge in [-0.25, -0.2) is 0 Å². The Labute approximate surface area is 134 Å². The predicted octanol–water partition coefficient (Wildman–Crippen LogP) is 5.40. The number of halogens is 3. The minimum atomic E-state index is -4.64. The number of aryl methyl sites for hydroxylation is 1. The minimum absolute atomic E-state index is 0.175. The van der Waals surface area contributed by atoms with Crippen LogP contribution >= 0.6 is 0 Å². The van der Waals surface area contributed by atoms with Gasteiger partial charge >= 0.3 is 6.36 Å². The second-order valence-electron chi connectivity index (χ2n) is 6.00. The molecule has 0 N–H and O–H groups in total. The zero-order valence-electron chi connectivity index (χ0n) is 12.9. The summed E-state index contributed by atoms with van der Waals surface area (Å²) in [4.78, 5) is 0. The fourth-order valence-electron chi connectivity index (χ4n) is 3.08. The fourth-order valence-corrected chi connectivity index (χ4v) is 3.08. The van der Waals surface area contributed by atoms with Crippen molar-refractivity contribution in [3.8, 4) is 11.8 Å². The quantitative estimate of drug-likeness (QED) is 0.679. The van der Waals surface area contributed by atoms with Gasteiger partial charge in [-0.1, -0.05) is 18.2 Å². The van der Waals surface area contributed by atoms with Gasteiger partial charge in [0.2, 0.25) is 0 Å². The van der Waals surface area contributed by atoms with Crippen LogP contribution in [-0.2, 0) is 6.42 Å². The molecule has 0 heterocycles. The number of rotatable bonds is 5. The van der Waals surface area contributed by atoms with Crippen LogP contribution in [0.1, 0.15) is 37.7 Å². The molecule has 1 aliphatic carbocycles. The molecule has 0 radical (unpaired) electrons. The van der Waals surface area contributed by atoms with Crippen molar-refractivity contribution in [3.05, 3.63) is 42.0 Å². The van der Waals surface area contributed by atoms with Crippen molar-refractivity contribution in [1.29, 1.82) is 5.26 Å². The summed E-state index contributed by atoms with van der Waals surface area (Å²) in [6.07, 6.45) is 5.36. The van der Waals surface area contributed by atoms with Crippen LogP contribution in [0.3, 0.4) is 0 Å². The van der Waals surface area contributed by atoms with Crippen LogP contribution in [0.15, 0.2) is 36.4 Å². The van der Waals surface area contributed by atoms with E-state index < -0.39 is 6.36 Å². The lowest BCUT2D eigenvalue weighted by molar-refractivity contribution is -0.274. The standard InChI is InChI=1S/C18H20F3NO/c19-18(20,21)23-17-11-9-16(10-12-17)8-7-15-5-3-14(4-6-15)2-1-13-22/h1-2,9-12,14-15H,3-8H2/b2-1+/t14-,15-. The summed E-state index contributed by atoms with van der Waals surface area (Å²) >= 11 is 0. The molecule has 2 rings (SSSR count). The molecule has 0 bridgehead atoms. The molecule has 23 heavy (non-hydrogen) atoms. The van der Waals surface area contributed by atoms with Crippen molar-refractivity contribution in [3.63, 3.8) is 0 Å². The second-order valence-corrected chi connectivity index (χ2v) is 6.00. The topological polar surface area (TPSA) is 33.0 Å². The average molecular weight is 323 g/mol. The molecule has 0 atom stereocenters. The molecule has 1 fully saturated rings. The van der Waals surface area contributed by atoms with E-state index in [4.69, 9.17) is 5.26 Å². The smallest absolute Gasteiger partial charge is 0.406 e. The summed E-state index contributed by atoms with van der Waals surface area (Å²) in [6, 6.07) is 8.16. The van der Waals surface area contributed by atoms with Gasteiger partial charge in [-0.3, -0.25) is 0 Å². The molecule has 0 amide bonds. The Morgan fingerprint density at radius 1 is 1.13 bits per heavy atom. The fraction of sp³-hybridized carbons (Fsp3) is 0.500. The van der Waals surface area contributed by atoms with Crippen LogP contribution in [0.25, 0.3) is 0 Å². The van der Waals surface area contributed by atoms with E-state index in [1.807, 2.05) is 12.1 Å². The van der Waals surface area contributed by atoms with E-state index in [0.29, 0.717) is 11.8 Å². The highest BCUT2D eigenvalue weighted by molar-refractivity contribution is 5.27. The number of ether oxygens (including phenoxy) is 1. The van der Waals surface area contributed by atoms with Gasteiger partial charge in [0, 0.05) is 6.08 Å². The first-order valence-electron chi connectivity index (χ1n) is 7.87. The summed E-state index contributed by atoms with van der Waals surface area (Å²) < 4.78 is 40.2. The SMILES string of the molecule is N#C/C=C/[C@H]1CC[C@H](CCc2ccc(OC(F)(F)F)cc2)CC1. The number of benzene rings is 1. The number of allylic oxidation sites excluding steroid dienone is 2. The lowest BCUT2D eigenvalue weighted by Gasteiger charge is -2.26. The third kappa shape index (κ3) is 6.35. The monoisotopic (exact) mass is 323 g/mol. The van der Waals surface area contributed by atoms with E-state index in [1.165, 1.54) is 12.1 Å². The normalized spacial score (nSPS) is 22.0. The van der Waals surface area contributed by atoms with Gasteiger partial charge in [-0.2, -0.15) is 5.26 Å². The Morgan fingerprint density at radius 3 is 2.35 bits per heavy atom. The molecule has 0 unspecified atom stereocenters. The molecule has 5 heteroatoms. The van der Waals surface area contributed by atoms with Gasteiger partial charge in [-0.15, -0.1) is 13.2 Å². The molecule has 124 valence electrons. The highest BCUT2D eigenvalue weighted by Gasteiger charge is 2.30. The van der Waals surface area contributed by atoms with Crippen LogP contribution < -0.4 is 4.74 Å². The third-order valence-corrected chi connectivity index (χ3v) is 4.33. The molecular weight excluding hydrogens is 303 g/mol. The van der Waals surface area contributed by atoms with Crippen molar-refractivity contribution < 1.29 is 17.9 Å². The number of alkyl halides is 3. The van der Waals surface area contributed by atoms with Crippen molar-refractivity contribution in [2.24, 2.45) is 11.8 Å². The zero-order chi connectivity index (χ0) is 16.7. The molecule has 1 aliphatic rings. The first-order chi connectivity index (χ1) is 11.0. The molecule has 2 nitrogen and oxygen atoms in total. The van der Waals surface area contributed by atoms with Crippen LogP contribution in [0.4, 0.5) is 13.2 Å². The largest absolute Gasteiger partial charge is 0.573 e. The molecule has 1 aromatic carbocycles. The zero-order valence-corrected chi connectivity index (χ0v) is 12.9. The van der Waals surface area contributed by atoms with Crippen LogP contribution in [0, 0.1) is 23.2 Å². The highest BCUT2D eigenvalue weighted by atomic mass is 19.4. The Hall–Kier alpha value is -1.96.